The molecule has 0 bridgehead atoms. The third kappa shape index (κ3) is 4.14. The molecule has 0 spiro atoms. The van der Waals surface area contributed by atoms with Crippen LogP contribution in [0.4, 0.5) is 5.82 Å². The average molecular weight is 409 g/mol. The Balaban J connectivity index is 1.61. The van der Waals surface area contributed by atoms with Gasteiger partial charge < -0.3 is 10.1 Å². The van der Waals surface area contributed by atoms with Crippen LogP contribution in [0.2, 0.25) is 10.0 Å². The number of halogens is 2. The molecule has 27 heavy (non-hydrogen) atoms. The van der Waals surface area contributed by atoms with Crippen LogP contribution < -0.4 is 5.32 Å². The fourth-order valence-corrected chi connectivity index (χ4v) is 4.25. The van der Waals surface area contributed by atoms with Crippen molar-refractivity contribution in [1.82, 2.24) is 14.7 Å². The van der Waals surface area contributed by atoms with Gasteiger partial charge in [-0.1, -0.05) is 29.3 Å². The molecule has 3 heterocycles. The molecule has 2 aliphatic rings. The molecule has 0 saturated carbocycles. The van der Waals surface area contributed by atoms with Gasteiger partial charge in [0.2, 0.25) is 5.91 Å². The summed E-state index contributed by atoms with van der Waals surface area (Å²) in [6, 6.07) is 6.71. The van der Waals surface area contributed by atoms with Crippen molar-refractivity contribution in [2.75, 3.05) is 31.6 Å². The smallest absolute Gasteiger partial charge is 0.247 e. The van der Waals surface area contributed by atoms with Gasteiger partial charge >= 0.3 is 0 Å². The van der Waals surface area contributed by atoms with Crippen molar-refractivity contribution in [1.29, 1.82) is 0 Å². The van der Waals surface area contributed by atoms with Crippen molar-refractivity contribution in [3.8, 4) is 0 Å². The van der Waals surface area contributed by atoms with Gasteiger partial charge in [0.25, 0.3) is 0 Å². The number of carbonyl (C=O) groups is 1. The number of anilines is 1. The van der Waals surface area contributed by atoms with Crippen LogP contribution in [0.15, 0.2) is 24.3 Å². The van der Waals surface area contributed by atoms with Crippen LogP contribution in [0.5, 0.6) is 0 Å². The fourth-order valence-electron chi connectivity index (χ4n) is 3.74. The first-order valence-corrected chi connectivity index (χ1v) is 10.0. The molecule has 1 amide bonds. The summed E-state index contributed by atoms with van der Waals surface area (Å²) in [6.07, 6.45) is 3.29. The molecule has 4 rings (SSSR count). The van der Waals surface area contributed by atoms with Crippen LogP contribution in [0.3, 0.4) is 0 Å². The molecule has 1 saturated heterocycles. The number of aromatic nitrogens is 2. The van der Waals surface area contributed by atoms with Crippen LogP contribution in [0.1, 0.15) is 30.1 Å². The quantitative estimate of drug-likeness (QED) is 0.840. The molecule has 0 aliphatic carbocycles. The van der Waals surface area contributed by atoms with E-state index in [0.29, 0.717) is 42.2 Å². The lowest BCUT2D eigenvalue weighted by molar-refractivity contribution is -0.123. The van der Waals surface area contributed by atoms with Gasteiger partial charge in [-0.05, 0) is 37.0 Å². The third-order valence-electron chi connectivity index (χ3n) is 5.08. The monoisotopic (exact) mass is 408 g/mol. The van der Waals surface area contributed by atoms with Gasteiger partial charge in [-0.25, -0.2) is 0 Å². The number of carbonyl (C=O) groups excluding carboxylic acids is 1. The van der Waals surface area contributed by atoms with Gasteiger partial charge in [0, 0.05) is 41.4 Å². The zero-order valence-electron chi connectivity index (χ0n) is 15.0. The first-order chi connectivity index (χ1) is 13.1. The number of rotatable bonds is 4. The number of fused-ring (bicyclic) bond motifs is 1. The van der Waals surface area contributed by atoms with Gasteiger partial charge in [0.05, 0.1) is 13.2 Å². The maximum atomic E-state index is 13.2. The minimum Gasteiger partial charge on any atom is -0.379 e. The molecule has 0 radical (unpaired) electrons. The Morgan fingerprint density at radius 1 is 1.15 bits per heavy atom. The Morgan fingerprint density at radius 3 is 2.70 bits per heavy atom. The van der Waals surface area contributed by atoms with Crippen LogP contribution in [-0.4, -0.2) is 46.9 Å². The largest absolute Gasteiger partial charge is 0.379 e. The summed E-state index contributed by atoms with van der Waals surface area (Å²) >= 11 is 12.5. The zero-order valence-corrected chi connectivity index (χ0v) is 16.5. The van der Waals surface area contributed by atoms with E-state index < -0.39 is 6.04 Å². The second-order valence-corrected chi connectivity index (χ2v) is 7.75. The molecule has 1 unspecified atom stereocenters. The summed E-state index contributed by atoms with van der Waals surface area (Å²) in [4.78, 5) is 15.3. The van der Waals surface area contributed by atoms with Gasteiger partial charge in [0.1, 0.15) is 6.04 Å². The summed E-state index contributed by atoms with van der Waals surface area (Å²) in [6.45, 7) is 3.41. The number of ether oxygens (including phenoxy) is 1. The number of morpholine rings is 1. The van der Waals surface area contributed by atoms with E-state index in [-0.39, 0.29) is 5.91 Å². The van der Waals surface area contributed by atoms with Crippen molar-refractivity contribution in [2.24, 2.45) is 0 Å². The highest BCUT2D eigenvalue weighted by molar-refractivity contribution is 6.35. The van der Waals surface area contributed by atoms with Gasteiger partial charge in [-0.15, -0.1) is 0 Å². The number of aryl methyl sites for hydroxylation is 2. The van der Waals surface area contributed by atoms with Crippen LogP contribution in [-0.2, 0) is 22.5 Å². The second-order valence-electron chi connectivity index (χ2n) is 6.91. The first kappa shape index (κ1) is 18.7. The Hall–Kier alpha value is -1.60. The van der Waals surface area contributed by atoms with Crippen molar-refractivity contribution >= 4 is 34.9 Å². The first-order valence-electron chi connectivity index (χ1n) is 9.26. The number of nitrogens with one attached hydrogen (secondary N) is 1. The van der Waals surface area contributed by atoms with Gasteiger partial charge in [0.15, 0.2) is 5.82 Å². The van der Waals surface area contributed by atoms with E-state index in [4.69, 9.17) is 27.9 Å². The highest BCUT2D eigenvalue weighted by Gasteiger charge is 2.31. The summed E-state index contributed by atoms with van der Waals surface area (Å²) in [5, 5.41) is 8.56. The molecule has 1 N–H and O–H groups in total. The number of benzene rings is 1. The van der Waals surface area contributed by atoms with Crippen molar-refractivity contribution in [3.63, 3.8) is 0 Å². The Kier molecular flexibility index (Phi) is 5.68. The molecule has 2 aromatic rings. The molecular weight excluding hydrogens is 387 g/mol. The summed E-state index contributed by atoms with van der Waals surface area (Å²) in [5.41, 5.74) is 1.91. The molecule has 8 heteroatoms. The Morgan fingerprint density at radius 2 is 1.96 bits per heavy atom. The van der Waals surface area contributed by atoms with Crippen LogP contribution in [0, 0.1) is 0 Å². The normalized spacial score (nSPS) is 18.7. The Labute approximate surface area is 168 Å². The maximum absolute atomic E-state index is 13.2. The van der Waals surface area contributed by atoms with E-state index in [1.165, 1.54) is 5.69 Å². The minimum atomic E-state index is -0.516. The Bertz CT molecular complexity index is 810. The number of nitrogens with zero attached hydrogens (tertiary/aromatic N) is 3. The standard InChI is InChI=1S/C19H22Cl2N4O2/c20-13-4-5-15(16(21)11-13)18(24-7-9-27-10-8-24)19(26)22-17-12-14-3-1-2-6-25(14)23-17/h4-5,11-12,18H,1-3,6-10H2,(H,22,23,26). The lowest BCUT2D eigenvalue weighted by atomic mass is 10.0. The number of amides is 1. The predicted molar refractivity (Wildman–Crippen MR) is 105 cm³/mol. The predicted octanol–water partition coefficient (Wildman–Crippen LogP) is 3.54. The lowest BCUT2D eigenvalue weighted by Gasteiger charge is -2.34. The second kappa shape index (κ2) is 8.19. The lowest BCUT2D eigenvalue weighted by Crippen LogP contribution is -2.44. The molecule has 2 aliphatic heterocycles. The van der Waals surface area contributed by atoms with E-state index in [1.54, 1.807) is 12.1 Å². The third-order valence-corrected chi connectivity index (χ3v) is 5.65. The zero-order chi connectivity index (χ0) is 18.8. The highest BCUT2D eigenvalue weighted by Crippen LogP contribution is 2.31. The van der Waals surface area contributed by atoms with Crippen LogP contribution >= 0.6 is 23.2 Å². The highest BCUT2D eigenvalue weighted by atomic mass is 35.5. The topological polar surface area (TPSA) is 59.4 Å². The van der Waals surface area contributed by atoms with E-state index >= 15 is 0 Å². The van der Waals surface area contributed by atoms with Crippen molar-refractivity contribution < 1.29 is 9.53 Å². The summed E-state index contributed by atoms with van der Waals surface area (Å²) in [7, 11) is 0. The SMILES string of the molecule is O=C(Nc1cc2n(n1)CCCC2)C(c1ccc(Cl)cc1Cl)N1CCOCC1. The van der Waals surface area contributed by atoms with Crippen LogP contribution in [0.25, 0.3) is 0 Å². The summed E-state index contributed by atoms with van der Waals surface area (Å²) in [5.74, 6) is 0.455. The molecule has 1 aromatic heterocycles. The minimum absolute atomic E-state index is 0.142. The molecule has 1 atom stereocenters. The van der Waals surface area contributed by atoms with E-state index in [1.807, 2.05) is 16.8 Å². The maximum Gasteiger partial charge on any atom is 0.247 e. The van der Waals surface area contributed by atoms with E-state index in [2.05, 4.69) is 15.3 Å². The van der Waals surface area contributed by atoms with E-state index in [9.17, 15) is 4.79 Å². The number of hydrogen-bond donors (Lipinski definition) is 1. The molecule has 144 valence electrons. The van der Waals surface area contributed by atoms with Crippen molar-refractivity contribution in [2.45, 2.75) is 31.8 Å². The summed E-state index contributed by atoms with van der Waals surface area (Å²) < 4.78 is 7.43. The molecular formula is C19H22Cl2N4O2. The van der Waals surface area contributed by atoms with Gasteiger partial charge in [-0.3, -0.25) is 14.4 Å². The van der Waals surface area contributed by atoms with Crippen molar-refractivity contribution in [3.05, 3.63) is 45.6 Å². The molecule has 1 aromatic carbocycles. The van der Waals surface area contributed by atoms with Gasteiger partial charge in [-0.2, -0.15) is 5.10 Å². The van der Waals surface area contributed by atoms with E-state index in [0.717, 1.165) is 31.4 Å². The molecule has 1 fully saturated rings. The fraction of sp³-hybridized carbons (Fsp3) is 0.474. The molecule has 6 nitrogen and oxygen atoms in total. The number of hydrogen-bond acceptors (Lipinski definition) is 4. The average Bonchev–Trinajstić information content (AvgIpc) is 3.07.